The van der Waals surface area contributed by atoms with Crippen LogP contribution in [-0.2, 0) is 6.54 Å². The lowest BCUT2D eigenvalue weighted by Gasteiger charge is -2.04. The standard InChI is InChI=1S/C11H13NO2/c1-12(2)7-9-6-8-4-3-5-10(13)11(8)14-9/h3-6,13H,7H2,1-2H3. The number of phenolic OH excluding ortho intramolecular Hbond substituents is 1. The highest BCUT2D eigenvalue weighted by Crippen LogP contribution is 2.27. The number of aromatic hydroxyl groups is 1. The molecule has 0 amide bonds. The summed E-state index contributed by atoms with van der Waals surface area (Å²) in [6.07, 6.45) is 0. The number of benzene rings is 1. The van der Waals surface area contributed by atoms with Gasteiger partial charge in [-0.05, 0) is 26.2 Å². The molecule has 0 radical (unpaired) electrons. The van der Waals surface area contributed by atoms with E-state index in [1.54, 1.807) is 6.07 Å². The first-order valence-electron chi connectivity index (χ1n) is 4.52. The van der Waals surface area contributed by atoms with Gasteiger partial charge in [0.25, 0.3) is 0 Å². The van der Waals surface area contributed by atoms with Gasteiger partial charge in [0.2, 0.25) is 0 Å². The molecule has 2 aromatic rings. The summed E-state index contributed by atoms with van der Waals surface area (Å²) in [5.74, 6) is 1.07. The van der Waals surface area contributed by atoms with Crippen molar-refractivity contribution in [2.45, 2.75) is 6.54 Å². The summed E-state index contributed by atoms with van der Waals surface area (Å²) < 4.78 is 5.52. The number of fused-ring (bicyclic) bond motifs is 1. The molecule has 0 spiro atoms. The molecule has 0 aliphatic carbocycles. The lowest BCUT2D eigenvalue weighted by atomic mass is 10.2. The minimum Gasteiger partial charge on any atom is -0.504 e. The van der Waals surface area contributed by atoms with Crippen molar-refractivity contribution < 1.29 is 9.52 Å². The zero-order valence-electron chi connectivity index (χ0n) is 8.32. The third-order valence-electron chi connectivity index (χ3n) is 2.05. The van der Waals surface area contributed by atoms with Gasteiger partial charge in [-0.15, -0.1) is 0 Å². The van der Waals surface area contributed by atoms with Crippen LogP contribution in [0.5, 0.6) is 5.75 Å². The van der Waals surface area contributed by atoms with Gasteiger partial charge in [0.05, 0.1) is 6.54 Å². The van der Waals surface area contributed by atoms with E-state index in [2.05, 4.69) is 0 Å². The molecule has 0 fully saturated rings. The maximum atomic E-state index is 9.51. The molecular weight excluding hydrogens is 178 g/mol. The molecule has 1 aromatic carbocycles. The fraction of sp³-hybridized carbons (Fsp3) is 0.273. The quantitative estimate of drug-likeness (QED) is 0.790. The number of phenols is 1. The van der Waals surface area contributed by atoms with E-state index in [4.69, 9.17) is 4.42 Å². The van der Waals surface area contributed by atoms with E-state index in [0.717, 1.165) is 17.7 Å². The van der Waals surface area contributed by atoms with Crippen molar-refractivity contribution in [3.63, 3.8) is 0 Å². The van der Waals surface area contributed by atoms with Gasteiger partial charge in [0, 0.05) is 5.39 Å². The Bertz CT molecular complexity index is 445. The lowest BCUT2D eigenvalue weighted by molar-refractivity contribution is 0.355. The average Bonchev–Trinajstić information content (AvgIpc) is 2.47. The highest BCUT2D eigenvalue weighted by atomic mass is 16.4. The van der Waals surface area contributed by atoms with Crippen LogP contribution in [0.3, 0.4) is 0 Å². The van der Waals surface area contributed by atoms with Crippen molar-refractivity contribution in [3.8, 4) is 5.75 Å². The van der Waals surface area contributed by atoms with E-state index in [9.17, 15) is 5.11 Å². The SMILES string of the molecule is CN(C)Cc1cc2cccc(O)c2o1. The van der Waals surface area contributed by atoms with Crippen LogP contribution in [0.4, 0.5) is 0 Å². The van der Waals surface area contributed by atoms with Gasteiger partial charge in [-0.1, -0.05) is 12.1 Å². The Hall–Kier alpha value is -1.48. The first kappa shape index (κ1) is 9.09. The largest absolute Gasteiger partial charge is 0.504 e. The van der Waals surface area contributed by atoms with E-state index in [1.165, 1.54) is 0 Å². The second kappa shape index (κ2) is 3.35. The molecule has 0 aliphatic heterocycles. The summed E-state index contributed by atoms with van der Waals surface area (Å²) in [7, 11) is 3.96. The molecule has 1 heterocycles. The molecule has 0 aliphatic rings. The summed E-state index contributed by atoms with van der Waals surface area (Å²) in [5.41, 5.74) is 0.573. The van der Waals surface area contributed by atoms with Crippen LogP contribution in [-0.4, -0.2) is 24.1 Å². The van der Waals surface area contributed by atoms with Crippen LogP contribution in [0.2, 0.25) is 0 Å². The van der Waals surface area contributed by atoms with E-state index < -0.39 is 0 Å². The topological polar surface area (TPSA) is 36.6 Å². The van der Waals surface area contributed by atoms with Crippen molar-refractivity contribution in [2.24, 2.45) is 0 Å². The van der Waals surface area contributed by atoms with Crippen LogP contribution in [0.15, 0.2) is 28.7 Å². The lowest BCUT2D eigenvalue weighted by Crippen LogP contribution is -2.09. The van der Waals surface area contributed by atoms with Gasteiger partial charge in [-0.2, -0.15) is 0 Å². The van der Waals surface area contributed by atoms with E-state index >= 15 is 0 Å². The average molecular weight is 191 g/mol. The number of hydrogen-bond acceptors (Lipinski definition) is 3. The predicted octanol–water partition coefficient (Wildman–Crippen LogP) is 2.20. The Morgan fingerprint density at radius 3 is 2.79 bits per heavy atom. The highest BCUT2D eigenvalue weighted by molar-refractivity contribution is 5.83. The summed E-state index contributed by atoms with van der Waals surface area (Å²) in [4.78, 5) is 2.02. The highest BCUT2D eigenvalue weighted by Gasteiger charge is 2.07. The van der Waals surface area contributed by atoms with Gasteiger partial charge in [-0.25, -0.2) is 0 Å². The fourth-order valence-electron chi connectivity index (χ4n) is 1.49. The molecule has 1 aromatic heterocycles. The zero-order chi connectivity index (χ0) is 10.1. The van der Waals surface area contributed by atoms with Crippen LogP contribution in [0.25, 0.3) is 11.0 Å². The van der Waals surface area contributed by atoms with Crippen molar-refractivity contribution in [1.29, 1.82) is 0 Å². The summed E-state index contributed by atoms with van der Waals surface area (Å²) >= 11 is 0. The maximum Gasteiger partial charge on any atom is 0.175 e. The normalized spacial score (nSPS) is 11.4. The number of furan rings is 1. The fourth-order valence-corrected chi connectivity index (χ4v) is 1.49. The molecule has 14 heavy (non-hydrogen) atoms. The molecule has 0 saturated heterocycles. The van der Waals surface area contributed by atoms with Crippen molar-refractivity contribution in [2.75, 3.05) is 14.1 Å². The molecule has 1 N–H and O–H groups in total. The van der Waals surface area contributed by atoms with Crippen LogP contribution >= 0.6 is 0 Å². The minimum absolute atomic E-state index is 0.201. The monoisotopic (exact) mass is 191 g/mol. The van der Waals surface area contributed by atoms with Crippen LogP contribution in [0.1, 0.15) is 5.76 Å². The molecule has 3 heteroatoms. The molecule has 3 nitrogen and oxygen atoms in total. The second-order valence-corrected chi connectivity index (χ2v) is 3.65. The summed E-state index contributed by atoms with van der Waals surface area (Å²) in [5, 5.41) is 10.5. The van der Waals surface area contributed by atoms with E-state index in [0.29, 0.717) is 5.58 Å². The van der Waals surface area contributed by atoms with Gasteiger partial charge in [0.1, 0.15) is 5.76 Å². The Morgan fingerprint density at radius 2 is 2.14 bits per heavy atom. The van der Waals surface area contributed by atoms with E-state index in [-0.39, 0.29) is 5.75 Å². The van der Waals surface area contributed by atoms with E-state index in [1.807, 2.05) is 37.2 Å². The number of hydrogen-bond donors (Lipinski definition) is 1. The smallest absolute Gasteiger partial charge is 0.175 e. The Labute approximate surface area is 82.6 Å². The van der Waals surface area contributed by atoms with Gasteiger partial charge in [-0.3, -0.25) is 0 Å². The Kier molecular flexibility index (Phi) is 2.17. The van der Waals surface area contributed by atoms with Crippen LogP contribution in [0, 0.1) is 0 Å². The van der Waals surface area contributed by atoms with Crippen molar-refractivity contribution >= 4 is 11.0 Å². The third kappa shape index (κ3) is 1.59. The van der Waals surface area contributed by atoms with Crippen molar-refractivity contribution in [3.05, 3.63) is 30.0 Å². The van der Waals surface area contributed by atoms with Crippen LogP contribution < -0.4 is 0 Å². The predicted molar refractivity (Wildman–Crippen MR) is 55.3 cm³/mol. The zero-order valence-corrected chi connectivity index (χ0v) is 8.32. The summed E-state index contributed by atoms with van der Waals surface area (Å²) in [6.45, 7) is 0.744. The van der Waals surface area contributed by atoms with Crippen molar-refractivity contribution in [1.82, 2.24) is 4.90 Å². The molecule has 0 unspecified atom stereocenters. The molecular formula is C11H13NO2. The number of para-hydroxylation sites is 1. The third-order valence-corrected chi connectivity index (χ3v) is 2.05. The summed E-state index contributed by atoms with van der Waals surface area (Å²) in [6, 6.07) is 7.32. The Morgan fingerprint density at radius 1 is 1.36 bits per heavy atom. The minimum atomic E-state index is 0.201. The molecule has 0 bridgehead atoms. The number of rotatable bonds is 2. The van der Waals surface area contributed by atoms with Gasteiger partial charge < -0.3 is 14.4 Å². The maximum absolute atomic E-state index is 9.51. The molecule has 2 rings (SSSR count). The molecule has 74 valence electrons. The molecule has 0 atom stereocenters. The second-order valence-electron chi connectivity index (χ2n) is 3.65. The van der Waals surface area contributed by atoms with Gasteiger partial charge >= 0.3 is 0 Å². The Balaban J connectivity index is 2.46. The number of nitrogens with zero attached hydrogens (tertiary/aromatic N) is 1. The molecule has 0 saturated carbocycles. The first-order valence-corrected chi connectivity index (χ1v) is 4.52. The first-order chi connectivity index (χ1) is 6.66. The van der Waals surface area contributed by atoms with Gasteiger partial charge in [0.15, 0.2) is 11.3 Å².